The van der Waals surface area contributed by atoms with E-state index in [1.165, 1.54) is 11.1 Å². The normalized spacial score (nSPS) is 23.1. The lowest BCUT2D eigenvalue weighted by atomic mass is 9.84. The number of hydrogen-bond donors (Lipinski definition) is 2. The maximum atomic E-state index is 12.1. The number of benzene rings is 1. The molecule has 3 N–H and O–H groups in total. The lowest BCUT2D eigenvalue weighted by molar-refractivity contribution is -0.126. The van der Waals surface area contributed by atoms with Gasteiger partial charge < -0.3 is 11.1 Å². The van der Waals surface area contributed by atoms with Crippen LogP contribution in [0.25, 0.3) is 0 Å². The first-order valence-corrected chi connectivity index (χ1v) is 7.26. The standard InChI is InChI=1S/C16H24N2O/c1-12-6-2-3-7-13(12)10-11-18-16(19)14-8-4-5-9-15(14)17/h2-3,6-7,14-15H,4-5,8-11,17H2,1H3,(H,18,19). The summed E-state index contributed by atoms with van der Waals surface area (Å²) >= 11 is 0. The number of hydrogen-bond acceptors (Lipinski definition) is 2. The van der Waals surface area contributed by atoms with Gasteiger partial charge in [-0.3, -0.25) is 4.79 Å². The van der Waals surface area contributed by atoms with Crippen LogP contribution in [0.1, 0.15) is 36.8 Å². The second-order valence-corrected chi connectivity index (χ2v) is 5.52. The second-order valence-electron chi connectivity index (χ2n) is 5.52. The summed E-state index contributed by atoms with van der Waals surface area (Å²) in [5.74, 6) is 0.159. The van der Waals surface area contributed by atoms with Gasteiger partial charge in [0.25, 0.3) is 0 Å². The quantitative estimate of drug-likeness (QED) is 0.871. The molecule has 1 aliphatic carbocycles. The SMILES string of the molecule is Cc1ccccc1CCNC(=O)C1CCCCC1N. The summed E-state index contributed by atoms with van der Waals surface area (Å²) in [7, 11) is 0. The predicted octanol–water partition coefficient (Wildman–Crippen LogP) is 2.17. The van der Waals surface area contributed by atoms with Crippen LogP contribution < -0.4 is 11.1 Å². The molecular formula is C16H24N2O. The van der Waals surface area contributed by atoms with Gasteiger partial charge in [-0.25, -0.2) is 0 Å². The Kier molecular flexibility index (Phi) is 4.97. The average molecular weight is 260 g/mol. The molecule has 0 radical (unpaired) electrons. The molecule has 2 rings (SSSR count). The summed E-state index contributed by atoms with van der Waals surface area (Å²) in [5.41, 5.74) is 8.61. The number of carbonyl (C=O) groups excluding carboxylic acids is 1. The average Bonchev–Trinajstić information content (AvgIpc) is 2.41. The molecule has 2 atom stereocenters. The Morgan fingerprint density at radius 3 is 2.79 bits per heavy atom. The molecule has 3 heteroatoms. The highest BCUT2D eigenvalue weighted by molar-refractivity contribution is 5.79. The van der Waals surface area contributed by atoms with Crippen LogP contribution in [0.4, 0.5) is 0 Å². The second kappa shape index (κ2) is 6.71. The largest absolute Gasteiger partial charge is 0.355 e. The van der Waals surface area contributed by atoms with Crippen LogP contribution in [0.2, 0.25) is 0 Å². The van der Waals surface area contributed by atoms with E-state index in [9.17, 15) is 4.79 Å². The third-order valence-corrected chi connectivity index (χ3v) is 4.11. The van der Waals surface area contributed by atoms with Gasteiger partial charge in [0.05, 0.1) is 5.92 Å². The molecule has 0 aromatic heterocycles. The van der Waals surface area contributed by atoms with E-state index in [-0.39, 0.29) is 17.9 Å². The van der Waals surface area contributed by atoms with Gasteiger partial charge in [0.15, 0.2) is 0 Å². The van der Waals surface area contributed by atoms with Crippen molar-refractivity contribution in [3.8, 4) is 0 Å². The first kappa shape index (κ1) is 14.1. The minimum absolute atomic E-state index is 0.0191. The van der Waals surface area contributed by atoms with Crippen molar-refractivity contribution in [1.82, 2.24) is 5.32 Å². The number of carbonyl (C=O) groups is 1. The van der Waals surface area contributed by atoms with Crippen molar-refractivity contribution >= 4 is 5.91 Å². The third-order valence-electron chi connectivity index (χ3n) is 4.11. The van der Waals surface area contributed by atoms with Gasteiger partial charge in [0, 0.05) is 12.6 Å². The van der Waals surface area contributed by atoms with Crippen molar-refractivity contribution < 1.29 is 4.79 Å². The van der Waals surface area contributed by atoms with Gasteiger partial charge in [0.2, 0.25) is 5.91 Å². The first-order valence-electron chi connectivity index (χ1n) is 7.26. The smallest absolute Gasteiger partial charge is 0.224 e. The molecule has 2 unspecified atom stereocenters. The molecule has 1 amide bonds. The van der Waals surface area contributed by atoms with E-state index in [1.54, 1.807) is 0 Å². The third kappa shape index (κ3) is 3.80. The monoisotopic (exact) mass is 260 g/mol. The Balaban J connectivity index is 1.79. The Labute approximate surface area is 115 Å². The van der Waals surface area contributed by atoms with E-state index in [0.29, 0.717) is 6.54 Å². The Morgan fingerprint density at radius 1 is 1.32 bits per heavy atom. The molecule has 0 saturated heterocycles. The summed E-state index contributed by atoms with van der Waals surface area (Å²) < 4.78 is 0. The van der Waals surface area contributed by atoms with Crippen molar-refractivity contribution in [2.75, 3.05) is 6.54 Å². The van der Waals surface area contributed by atoms with Gasteiger partial charge >= 0.3 is 0 Å². The van der Waals surface area contributed by atoms with Gasteiger partial charge in [-0.1, -0.05) is 37.1 Å². The molecule has 19 heavy (non-hydrogen) atoms. The van der Waals surface area contributed by atoms with E-state index in [0.717, 1.165) is 32.1 Å². The Bertz CT molecular complexity index is 431. The number of amides is 1. The van der Waals surface area contributed by atoms with Crippen LogP contribution in [0.15, 0.2) is 24.3 Å². The van der Waals surface area contributed by atoms with Crippen LogP contribution in [-0.4, -0.2) is 18.5 Å². The van der Waals surface area contributed by atoms with E-state index in [4.69, 9.17) is 5.73 Å². The van der Waals surface area contributed by atoms with E-state index >= 15 is 0 Å². The van der Waals surface area contributed by atoms with Gasteiger partial charge in [-0.05, 0) is 37.3 Å². The van der Waals surface area contributed by atoms with Gasteiger partial charge in [-0.2, -0.15) is 0 Å². The molecule has 1 fully saturated rings. The summed E-state index contributed by atoms with van der Waals surface area (Å²) in [5, 5.41) is 3.04. The first-order chi connectivity index (χ1) is 9.18. The van der Waals surface area contributed by atoms with Crippen molar-refractivity contribution in [2.24, 2.45) is 11.7 Å². The maximum Gasteiger partial charge on any atom is 0.224 e. The van der Waals surface area contributed by atoms with Crippen LogP contribution in [0, 0.1) is 12.8 Å². The zero-order valence-corrected chi connectivity index (χ0v) is 11.7. The fraction of sp³-hybridized carbons (Fsp3) is 0.562. The van der Waals surface area contributed by atoms with Crippen LogP contribution in [0.5, 0.6) is 0 Å². The fourth-order valence-corrected chi connectivity index (χ4v) is 2.83. The van der Waals surface area contributed by atoms with Crippen molar-refractivity contribution in [3.63, 3.8) is 0 Å². The zero-order chi connectivity index (χ0) is 13.7. The van der Waals surface area contributed by atoms with Crippen LogP contribution >= 0.6 is 0 Å². The van der Waals surface area contributed by atoms with Gasteiger partial charge in [0.1, 0.15) is 0 Å². The number of rotatable bonds is 4. The predicted molar refractivity (Wildman–Crippen MR) is 77.8 cm³/mol. The zero-order valence-electron chi connectivity index (χ0n) is 11.7. The van der Waals surface area contributed by atoms with E-state index in [1.807, 2.05) is 12.1 Å². The van der Waals surface area contributed by atoms with Crippen LogP contribution in [0.3, 0.4) is 0 Å². The summed E-state index contributed by atoms with van der Waals surface area (Å²) in [6, 6.07) is 8.36. The molecule has 1 saturated carbocycles. The van der Waals surface area contributed by atoms with Crippen molar-refractivity contribution in [1.29, 1.82) is 0 Å². The minimum Gasteiger partial charge on any atom is -0.355 e. The highest BCUT2D eigenvalue weighted by Crippen LogP contribution is 2.22. The van der Waals surface area contributed by atoms with Crippen LogP contribution in [-0.2, 0) is 11.2 Å². The molecule has 0 spiro atoms. The molecule has 0 bridgehead atoms. The maximum absolute atomic E-state index is 12.1. The summed E-state index contributed by atoms with van der Waals surface area (Å²) in [4.78, 5) is 12.1. The molecule has 0 aliphatic heterocycles. The molecule has 3 nitrogen and oxygen atoms in total. The molecular weight excluding hydrogens is 236 g/mol. The lowest BCUT2D eigenvalue weighted by Crippen LogP contribution is -2.44. The Morgan fingerprint density at radius 2 is 2.05 bits per heavy atom. The molecule has 104 valence electrons. The highest BCUT2D eigenvalue weighted by Gasteiger charge is 2.27. The number of aryl methyl sites for hydroxylation is 1. The fourth-order valence-electron chi connectivity index (χ4n) is 2.83. The summed E-state index contributed by atoms with van der Waals surface area (Å²) in [6.45, 7) is 2.81. The van der Waals surface area contributed by atoms with Gasteiger partial charge in [-0.15, -0.1) is 0 Å². The molecule has 1 aliphatic rings. The number of nitrogens with one attached hydrogen (secondary N) is 1. The van der Waals surface area contributed by atoms with E-state index in [2.05, 4.69) is 24.4 Å². The van der Waals surface area contributed by atoms with Crippen molar-refractivity contribution in [2.45, 2.75) is 45.1 Å². The molecule has 1 aromatic rings. The topological polar surface area (TPSA) is 55.1 Å². The lowest BCUT2D eigenvalue weighted by Gasteiger charge is -2.27. The molecule has 1 aromatic carbocycles. The van der Waals surface area contributed by atoms with Crippen molar-refractivity contribution in [3.05, 3.63) is 35.4 Å². The summed E-state index contributed by atoms with van der Waals surface area (Å²) in [6.07, 6.45) is 5.10. The van der Waals surface area contributed by atoms with E-state index < -0.39 is 0 Å². The Hall–Kier alpha value is -1.35. The highest BCUT2D eigenvalue weighted by atomic mass is 16.1. The molecule has 0 heterocycles. The minimum atomic E-state index is 0.0191. The number of nitrogens with two attached hydrogens (primary N) is 1.